The van der Waals surface area contributed by atoms with Crippen molar-refractivity contribution in [1.29, 1.82) is 0 Å². The number of aryl methyl sites for hydroxylation is 2. The molecule has 0 aliphatic heterocycles. The summed E-state index contributed by atoms with van der Waals surface area (Å²) in [6, 6.07) is 15.7. The second-order valence-electron chi connectivity index (χ2n) is 7.99. The summed E-state index contributed by atoms with van der Waals surface area (Å²) in [7, 11) is 0. The van der Waals surface area contributed by atoms with Crippen LogP contribution in [0.15, 0.2) is 76.6 Å². The molecule has 0 unspecified atom stereocenters. The van der Waals surface area contributed by atoms with Crippen LogP contribution in [-0.2, 0) is 25.1 Å². The number of nitrogens with zero attached hydrogens (tertiary/aromatic N) is 2. The molecule has 0 spiro atoms. The first kappa shape index (κ1) is 23.2. The summed E-state index contributed by atoms with van der Waals surface area (Å²) in [4.78, 5) is 25.2. The van der Waals surface area contributed by atoms with E-state index in [1.54, 1.807) is 24.3 Å². The first-order valence-electron chi connectivity index (χ1n) is 10.6. The third-order valence-corrected chi connectivity index (χ3v) is 6.25. The van der Waals surface area contributed by atoms with Gasteiger partial charge in [0, 0.05) is 35.1 Å². The molecule has 33 heavy (non-hydrogen) atoms. The molecule has 4 rings (SSSR count). The van der Waals surface area contributed by atoms with E-state index < -0.39 is 16.9 Å². The van der Waals surface area contributed by atoms with Crippen molar-refractivity contribution in [3.63, 3.8) is 0 Å². The van der Waals surface area contributed by atoms with Gasteiger partial charge in [-0.15, -0.1) is 0 Å². The van der Waals surface area contributed by atoms with Crippen molar-refractivity contribution in [3.8, 4) is 0 Å². The normalized spacial score (nSPS) is 11.7. The zero-order valence-corrected chi connectivity index (χ0v) is 19.3. The van der Waals surface area contributed by atoms with Gasteiger partial charge in [-0.05, 0) is 54.7 Å². The Balaban J connectivity index is 1.46. The molecule has 0 fully saturated rings. The number of hydrogen-bond acceptors (Lipinski definition) is 3. The molecule has 0 amide bonds. The molecule has 0 aliphatic rings. The Bertz CT molecular complexity index is 1270. The van der Waals surface area contributed by atoms with Crippen molar-refractivity contribution >= 4 is 23.2 Å². The number of nitrogens with one attached hydrogen (secondary N) is 2. The molecule has 9 heteroatoms. The Labute approximate surface area is 200 Å². The maximum absolute atomic E-state index is 11.8. The fourth-order valence-electron chi connectivity index (χ4n) is 3.84. The molecule has 172 valence electrons. The minimum Gasteiger partial charge on any atom is -0.378 e. The Morgan fingerprint density at radius 1 is 0.879 bits per heavy atom. The number of H-pyrrole nitrogens is 2. The average molecular weight is 487 g/mol. The van der Waals surface area contributed by atoms with Crippen LogP contribution in [0.1, 0.15) is 29.7 Å². The van der Waals surface area contributed by atoms with Crippen LogP contribution in [0.25, 0.3) is 0 Å². The van der Waals surface area contributed by atoms with Gasteiger partial charge in [-0.1, -0.05) is 47.5 Å². The van der Waals surface area contributed by atoms with Crippen molar-refractivity contribution in [3.05, 3.63) is 115 Å². The van der Waals surface area contributed by atoms with Gasteiger partial charge in [-0.25, -0.2) is 4.79 Å². The molecule has 0 bridgehead atoms. The standard InChI is InChI=1S/C24H24Cl2N4O3/c25-19-8-4-17(5-9-19)24(33,18-6-10-20(26)11-7-18)16-30-21(15-27-30)3-1-2-13-29-14-12-22(31)28-23(29)32/h4-12,14-15,27,33H,1-3,13,16H2,(H,28,31,32). The largest absolute Gasteiger partial charge is 0.378 e. The molecule has 7 nitrogen and oxygen atoms in total. The van der Waals surface area contributed by atoms with Gasteiger partial charge >= 0.3 is 5.69 Å². The van der Waals surface area contributed by atoms with E-state index in [1.807, 2.05) is 35.1 Å². The number of unbranched alkanes of at least 4 members (excludes halogenated alkanes) is 1. The van der Waals surface area contributed by atoms with Gasteiger partial charge in [0.25, 0.3) is 5.56 Å². The Kier molecular flexibility index (Phi) is 6.93. The van der Waals surface area contributed by atoms with E-state index >= 15 is 0 Å². The molecular formula is C24H24Cl2N4O3. The fourth-order valence-corrected chi connectivity index (χ4v) is 4.09. The van der Waals surface area contributed by atoms with E-state index in [9.17, 15) is 14.7 Å². The summed E-state index contributed by atoms with van der Waals surface area (Å²) in [5.74, 6) is 0. The zero-order valence-electron chi connectivity index (χ0n) is 17.8. The molecule has 0 radical (unpaired) electrons. The smallest absolute Gasteiger partial charge is 0.328 e. The lowest BCUT2D eigenvalue weighted by molar-refractivity contribution is 0.0538. The summed E-state index contributed by atoms with van der Waals surface area (Å²) in [5.41, 5.74) is 0.422. The summed E-state index contributed by atoms with van der Waals surface area (Å²) >= 11 is 12.1. The predicted molar refractivity (Wildman–Crippen MR) is 129 cm³/mol. The highest BCUT2D eigenvalue weighted by Crippen LogP contribution is 2.33. The minimum absolute atomic E-state index is 0.293. The number of halogens is 2. The number of aliphatic hydroxyl groups is 1. The Morgan fingerprint density at radius 3 is 2.00 bits per heavy atom. The number of hydrogen-bond donors (Lipinski definition) is 3. The highest BCUT2D eigenvalue weighted by Gasteiger charge is 2.33. The zero-order chi connectivity index (χ0) is 23.4. The summed E-state index contributed by atoms with van der Waals surface area (Å²) in [6.45, 7) is 0.817. The second-order valence-corrected chi connectivity index (χ2v) is 8.86. The molecule has 0 saturated heterocycles. The fraction of sp³-hybridized carbons (Fsp3) is 0.250. The Hall–Kier alpha value is -3.00. The minimum atomic E-state index is -1.29. The quantitative estimate of drug-likeness (QED) is 0.312. The van der Waals surface area contributed by atoms with Crippen molar-refractivity contribution in [1.82, 2.24) is 19.3 Å². The number of benzene rings is 2. The van der Waals surface area contributed by atoms with E-state index in [1.165, 1.54) is 16.8 Å². The molecule has 2 aromatic carbocycles. The summed E-state index contributed by atoms with van der Waals surface area (Å²) in [6.07, 6.45) is 5.82. The van der Waals surface area contributed by atoms with Gasteiger partial charge in [0.05, 0.1) is 12.2 Å². The molecule has 2 aromatic heterocycles. The monoisotopic (exact) mass is 486 g/mol. The Morgan fingerprint density at radius 2 is 1.48 bits per heavy atom. The lowest BCUT2D eigenvalue weighted by Gasteiger charge is -2.32. The van der Waals surface area contributed by atoms with E-state index in [2.05, 4.69) is 10.1 Å². The van der Waals surface area contributed by atoms with Crippen LogP contribution in [0.2, 0.25) is 10.0 Å². The molecule has 0 atom stereocenters. The van der Waals surface area contributed by atoms with Crippen molar-refractivity contribution < 1.29 is 5.11 Å². The average Bonchev–Trinajstić information content (AvgIpc) is 2.78. The van der Waals surface area contributed by atoms with Crippen LogP contribution in [0.4, 0.5) is 0 Å². The van der Waals surface area contributed by atoms with Crippen LogP contribution < -0.4 is 11.2 Å². The third-order valence-electron chi connectivity index (χ3n) is 5.74. The molecule has 4 aromatic rings. The predicted octanol–water partition coefficient (Wildman–Crippen LogP) is 3.93. The maximum atomic E-state index is 11.8. The van der Waals surface area contributed by atoms with Crippen LogP contribution in [-0.4, -0.2) is 24.4 Å². The first-order valence-corrected chi connectivity index (χ1v) is 11.4. The molecule has 2 heterocycles. The van der Waals surface area contributed by atoms with Gasteiger partial charge in [-0.3, -0.25) is 14.5 Å². The lowest BCUT2D eigenvalue weighted by atomic mass is 9.86. The van der Waals surface area contributed by atoms with Crippen LogP contribution >= 0.6 is 23.2 Å². The topological polar surface area (TPSA) is 95.8 Å². The lowest BCUT2D eigenvalue weighted by Crippen LogP contribution is -2.36. The van der Waals surface area contributed by atoms with Crippen LogP contribution in [0.3, 0.4) is 0 Å². The number of rotatable bonds is 9. The van der Waals surface area contributed by atoms with Crippen molar-refractivity contribution in [2.75, 3.05) is 0 Å². The van der Waals surface area contributed by atoms with Gasteiger partial charge < -0.3 is 14.8 Å². The van der Waals surface area contributed by atoms with E-state index in [4.69, 9.17) is 23.2 Å². The molecule has 0 saturated carbocycles. The molecular weight excluding hydrogens is 463 g/mol. The SMILES string of the molecule is O=c1ccn(CCCCc2c[nH]n2CC(O)(c2ccc(Cl)cc2)c2ccc(Cl)cc2)c(=O)[nH]1. The van der Waals surface area contributed by atoms with Crippen molar-refractivity contribution in [2.24, 2.45) is 0 Å². The summed E-state index contributed by atoms with van der Waals surface area (Å²) < 4.78 is 3.42. The highest BCUT2D eigenvalue weighted by atomic mass is 35.5. The number of aromatic amines is 2. The second kappa shape index (κ2) is 9.87. The van der Waals surface area contributed by atoms with Gasteiger partial charge in [0.2, 0.25) is 0 Å². The van der Waals surface area contributed by atoms with Gasteiger partial charge in [0.15, 0.2) is 0 Å². The van der Waals surface area contributed by atoms with Crippen molar-refractivity contribution in [2.45, 2.75) is 38.0 Å². The molecule has 3 N–H and O–H groups in total. The van der Waals surface area contributed by atoms with Gasteiger partial charge in [0.1, 0.15) is 5.60 Å². The van der Waals surface area contributed by atoms with E-state index in [0.29, 0.717) is 23.1 Å². The van der Waals surface area contributed by atoms with Crippen LogP contribution in [0.5, 0.6) is 0 Å². The van der Waals surface area contributed by atoms with E-state index in [0.717, 1.165) is 36.1 Å². The van der Waals surface area contributed by atoms with Crippen LogP contribution in [0, 0.1) is 0 Å². The number of aromatic nitrogens is 4. The van der Waals surface area contributed by atoms with Gasteiger partial charge in [-0.2, -0.15) is 0 Å². The highest BCUT2D eigenvalue weighted by molar-refractivity contribution is 6.30. The summed E-state index contributed by atoms with van der Waals surface area (Å²) in [5, 5.41) is 16.1. The van der Waals surface area contributed by atoms with E-state index in [-0.39, 0.29) is 0 Å². The maximum Gasteiger partial charge on any atom is 0.328 e. The first-order chi connectivity index (χ1) is 15.8. The molecule has 0 aliphatic carbocycles. The third kappa shape index (κ3) is 5.33.